The van der Waals surface area contributed by atoms with Gasteiger partial charge in [0.15, 0.2) is 0 Å². The summed E-state index contributed by atoms with van der Waals surface area (Å²) in [7, 11) is 0. The molecule has 8 heteroatoms. The Labute approximate surface area is 176 Å². The first kappa shape index (κ1) is 20.8. The molecule has 2 bridgehead atoms. The first-order chi connectivity index (χ1) is 14.4. The molecule has 0 aromatic heterocycles. The zero-order chi connectivity index (χ0) is 21.5. The summed E-state index contributed by atoms with van der Waals surface area (Å²) in [5, 5.41) is 15.1. The molecular weight excluding hydrogens is 386 g/mol. The molecule has 1 aromatic carbocycles. The summed E-state index contributed by atoms with van der Waals surface area (Å²) >= 11 is 0. The number of para-hydroxylation sites is 1. The molecule has 1 aromatic rings. The Balaban J connectivity index is 1.65. The van der Waals surface area contributed by atoms with Crippen molar-refractivity contribution in [3.63, 3.8) is 0 Å². The van der Waals surface area contributed by atoms with Crippen LogP contribution >= 0.6 is 0 Å². The zero-order valence-electron chi connectivity index (χ0n) is 17.3. The Kier molecular flexibility index (Phi) is 5.55. The minimum absolute atomic E-state index is 0.0820. The lowest BCUT2D eigenvalue weighted by molar-refractivity contribution is -0.141. The van der Waals surface area contributed by atoms with Gasteiger partial charge in [0.1, 0.15) is 11.6 Å². The van der Waals surface area contributed by atoms with E-state index in [0.29, 0.717) is 24.9 Å². The molecule has 162 valence electrons. The van der Waals surface area contributed by atoms with Gasteiger partial charge in [-0.25, -0.2) is 0 Å². The number of carbonyl (C=O) groups is 3. The number of anilines is 1. The molecule has 3 fully saturated rings. The lowest BCUT2D eigenvalue weighted by atomic mass is 9.70. The van der Waals surface area contributed by atoms with Gasteiger partial charge < -0.3 is 25.4 Å². The highest BCUT2D eigenvalue weighted by Gasteiger charge is 2.74. The lowest BCUT2D eigenvalue weighted by Gasteiger charge is -2.33. The second-order valence-corrected chi connectivity index (χ2v) is 8.68. The van der Waals surface area contributed by atoms with Gasteiger partial charge in [0, 0.05) is 24.9 Å². The van der Waals surface area contributed by atoms with Crippen LogP contribution in [0.5, 0.6) is 0 Å². The first-order valence-corrected chi connectivity index (χ1v) is 10.6. The molecule has 0 radical (unpaired) electrons. The maximum Gasteiger partial charge on any atom is 0.246 e. The highest BCUT2D eigenvalue weighted by atomic mass is 16.5. The van der Waals surface area contributed by atoms with Crippen LogP contribution in [0.25, 0.3) is 0 Å². The number of carbonyl (C=O) groups excluding carboxylic acids is 3. The molecule has 3 aliphatic rings. The maximum absolute atomic E-state index is 13.4. The number of fused-ring (bicyclic) bond motifs is 1. The molecule has 3 saturated heterocycles. The zero-order valence-corrected chi connectivity index (χ0v) is 17.3. The summed E-state index contributed by atoms with van der Waals surface area (Å²) in [6.07, 6.45) is 1.19. The number of nitrogens with zero attached hydrogens (tertiary/aromatic N) is 1. The quantitative estimate of drug-likeness (QED) is 0.613. The summed E-state index contributed by atoms with van der Waals surface area (Å²) in [6.45, 7) is 3.90. The van der Waals surface area contributed by atoms with E-state index in [9.17, 15) is 19.5 Å². The van der Waals surface area contributed by atoms with Gasteiger partial charge in [-0.05, 0) is 45.2 Å². The van der Waals surface area contributed by atoms with Crippen LogP contribution in [-0.2, 0) is 19.1 Å². The summed E-state index contributed by atoms with van der Waals surface area (Å²) in [5.41, 5.74) is -0.328. The Morgan fingerprint density at radius 1 is 1.27 bits per heavy atom. The predicted octanol–water partition coefficient (Wildman–Crippen LogP) is 0.907. The van der Waals surface area contributed by atoms with Crippen LogP contribution in [0.4, 0.5) is 5.69 Å². The summed E-state index contributed by atoms with van der Waals surface area (Å²) in [6, 6.07) is 8.25. The summed E-state index contributed by atoms with van der Waals surface area (Å²) in [4.78, 5) is 41.2. The van der Waals surface area contributed by atoms with Gasteiger partial charge in [-0.2, -0.15) is 0 Å². The van der Waals surface area contributed by atoms with Crippen molar-refractivity contribution in [2.45, 2.75) is 56.9 Å². The summed E-state index contributed by atoms with van der Waals surface area (Å²) in [5.74, 6) is -2.08. The highest BCUT2D eigenvalue weighted by Crippen LogP contribution is 2.58. The number of nitrogens with one attached hydrogen (secondary N) is 2. The van der Waals surface area contributed by atoms with Crippen molar-refractivity contribution in [3.05, 3.63) is 30.3 Å². The SMILES string of the molecule is CC(C)NC(=O)C1N(CCCO)C(=O)[C@@H]2[C@@H](C(=O)Nc3ccccc3)[C@H]3CCC12O3. The van der Waals surface area contributed by atoms with Crippen LogP contribution in [0.1, 0.15) is 33.1 Å². The second-order valence-electron chi connectivity index (χ2n) is 8.68. The molecule has 3 heterocycles. The van der Waals surface area contributed by atoms with Crippen molar-refractivity contribution >= 4 is 23.4 Å². The second kappa shape index (κ2) is 8.00. The number of likely N-dealkylation sites (tertiary alicyclic amines) is 1. The number of aliphatic hydroxyl groups is 1. The molecule has 1 spiro atoms. The molecule has 0 aliphatic carbocycles. The fourth-order valence-corrected chi connectivity index (χ4v) is 5.35. The molecule has 5 atom stereocenters. The number of ether oxygens (including phenoxy) is 1. The number of benzene rings is 1. The summed E-state index contributed by atoms with van der Waals surface area (Å²) < 4.78 is 6.30. The van der Waals surface area contributed by atoms with Crippen LogP contribution in [0.3, 0.4) is 0 Å². The Hall–Kier alpha value is -2.45. The molecule has 4 rings (SSSR count). The van der Waals surface area contributed by atoms with Crippen LogP contribution in [0, 0.1) is 11.8 Å². The number of amides is 3. The average Bonchev–Trinajstić information content (AvgIpc) is 3.34. The average molecular weight is 415 g/mol. The topological polar surface area (TPSA) is 108 Å². The molecule has 0 saturated carbocycles. The Morgan fingerprint density at radius 2 is 2.00 bits per heavy atom. The fourth-order valence-electron chi connectivity index (χ4n) is 5.35. The van der Waals surface area contributed by atoms with E-state index in [1.54, 1.807) is 12.1 Å². The van der Waals surface area contributed by atoms with E-state index in [1.807, 2.05) is 32.0 Å². The van der Waals surface area contributed by atoms with Crippen LogP contribution < -0.4 is 10.6 Å². The normalized spacial score (nSPS) is 31.9. The van der Waals surface area contributed by atoms with Crippen molar-refractivity contribution < 1.29 is 24.2 Å². The van der Waals surface area contributed by atoms with Crippen molar-refractivity contribution in [2.24, 2.45) is 11.8 Å². The van der Waals surface area contributed by atoms with Gasteiger partial charge in [0.05, 0.1) is 17.9 Å². The van der Waals surface area contributed by atoms with Crippen LogP contribution in [0.15, 0.2) is 30.3 Å². The fraction of sp³-hybridized carbons (Fsp3) is 0.591. The lowest BCUT2D eigenvalue weighted by Crippen LogP contribution is -2.56. The van der Waals surface area contributed by atoms with Gasteiger partial charge >= 0.3 is 0 Å². The monoisotopic (exact) mass is 415 g/mol. The minimum atomic E-state index is -0.991. The largest absolute Gasteiger partial charge is 0.396 e. The highest BCUT2D eigenvalue weighted by molar-refractivity contribution is 6.02. The smallest absolute Gasteiger partial charge is 0.246 e. The standard InChI is InChI=1S/C22H29N3O5/c1-13(2)23-20(28)18-22-10-9-15(30-22)16(17(22)21(29)25(18)11-6-12-26)19(27)24-14-7-4-3-5-8-14/h3-5,7-8,13,15-18,26H,6,9-12H2,1-2H3,(H,23,28)(H,24,27)/t15-,16+,17+,18?,22?/m1/s1. The molecule has 3 amide bonds. The van der Waals surface area contributed by atoms with E-state index in [1.165, 1.54) is 4.90 Å². The van der Waals surface area contributed by atoms with E-state index in [-0.39, 0.29) is 43.0 Å². The Morgan fingerprint density at radius 3 is 2.67 bits per heavy atom. The van der Waals surface area contributed by atoms with E-state index >= 15 is 0 Å². The van der Waals surface area contributed by atoms with E-state index < -0.39 is 23.5 Å². The Bertz CT molecular complexity index is 829. The van der Waals surface area contributed by atoms with E-state index in [4.69, 9.17) is 4.74 Å². The van der Waals surface area contributed by atoms with Crippen LogP contribution in [-0.4, -0.2) is 64.7 Å². The van der Waals surface area contributed by atoms with E-state index in [0.717, 1.165) is 0 Å². The maximum atomic E-state index is 13.4. The third-order valence-electron chi connectivity index (χ3n) is 6.38. The molecule has 3 N–H and O–H groups in total. The molecule has 30 heavy (non-hydrogen) atoms. The van der Waals surface area contributed by atoms with Crippen LogP contribution in [0.2, 0.25) is 0 Å². The van der Waals surface area contributed by atoms with Gasteiger partial charge in [0.25, 0.3) is 0 Å². The molecular formula is C22H29N3O5. The van der Waals surface area contributed by atoms with Crippen molar-refractivity contribution in [1.82, 2.24) is 10.2 Å². The number of hydrogen-bond donors (Lipinski definition) is 3. The van der Waals surface area contributed by atoms with Crippen molar-refractivity contribution in [3.8, 4) is 0 Å². The van der Waals surface area contributed by atoms with Crippen molar-refractivity contribution in [2.75, 3.05) is 18.5 Å². The van der Waals surface area contributed by atoms with E-state index in [2.05, 4.69) is 10.6 Å². The van der Waals surface area contributed by atoms with Gasteiger partial charge in [-0.3, -0.25) is 14.4 Å². The minimum Gasteiger partial charge on any atom is -0.396 e. The van der Waals surface area contributed by atoms with Gasteiger partial charge in [-0.15, -0.1) is 0 Å². The molecule has 2 unspecified atom stereocenters. The number of hydrogen-bond acceptors (Lipinski definition) is 5. The van der Waals surface area contributed by atoms with Gasteiger partial charge in [0.2, 0.25) is 17.7 Å². The molecule has 8 nitrogen and oxygen atoms in total. The third-order valence-corrected chi connectivity index (χ3v) is 6.38. The molecule has 3 aliphatic heterocycles. The van der Waals surface area contributed by atoms with Gasteiger partial charge in [-0.1, -0.05) is 18.2 Å². The first-order valence-electron chi connectivity index (χ1n) is 10.6. The number of rotatable bonds is 7. The predicted molar refractivity (Wildman–Crippen MR) is 109 cm³/mol. The third kappa shape index (κ3) is 3.28. The van der Waals surface area contributed by atoms with Crippen molar-refractivity contribution in [1.29, 1.82) is 0 Å². The number of aliphatic hydroxyl groups excluding tert-OH is 1.